The van der Waals surface area contributed by atoms with Crippen molar-refractivity contribution in [2.75, 3.05) is 0 Å². The molecule has 1 heterocycles. The molecule has 0 bridgehead atoms. The minimum absolute atomic E-state index is 0.316. The molecule has 0 unspecified atom stereocenters. The van der Waals surface area contributed by atoms with Gasteiger partial charge in [0.05, 0.1) is 5.52 Å². The van der Waals surface area contributed by atoms with Gasteiger partial charge in [-0.25, -0.2) is 4.39 Å². The molecule has 0 N–H and O–H groups in total. The first-order valence-electron chi connectivity index (χ1n) is 4.32. The molecule has 1 radical (unpaired) electrons. The minimum Gasteiger partial charge on any atom is -0.256 e. The maximum atomic E-state index is 13.4. The van der Waals surface area contributed by atoms with Gasteiger partial charge in [0.25, 0.3) is 0 Å². The van der Waals surface area contributed by atoms with Gasteiger partial charge >= 0.3 is 0 Å². The Bertz CT molecular complexity index is 483. The maximum absolute atomic E-state index is 13.4. The number of allylic oxidation sites excluding steroid dienone is 1. The van der Waals surface area contributed by atoms with E-state index in [1.807, 2.05) is 24.3 Å². The lowest BCUT2D eigenvalue weighted by molar-refractivity contribution is 0.761. The monoisotopic (exact) mass is 186 g/mol. The normalized spacial score (nSPS) is 12.0. The summed E-state index contributed by atoms with van der Waals surface area (Å²) in [4.78, 5) is 4.14. The summed E-state index contributed by atoms with van der Waals surface area (Å²) in [5.74, 6) is -0.316. The quantitative estimate of drug-likeness (QED) is 0.665. The van der Waals surface area contributed by atoms with E-state index in [0.29, 0.717) is 5.56 Å². The zero-order chi connectivity index (χ0) is 9.97. The van der Waals surface area contributed by atoms with Crippen molar-refractivity contribution in [2.24, 2.45) is 0 Å². The Morgan fingerprint density at radius 1 is 1.29 bits per heavy atom. The van der Waals surface area contributed by atoms with E-state index in [1.165, 1.54) is 6.08 Å². The Kier molecular flexibility index (Phi) is 2.27. The topological polar surface area (TPSA) is 12.9 Å². The number of halogens is 1. The number of para-hydroxylation sites is 1. The Morgan fingerprint density at radius 2 is 2.07 bits per heavy atom. The average Bonchev–Trinajstić information content (AvgIpc) is 2.27. The third kappa shape index (κ3) is 1.39. The van der Waals surface area contributed by atoms with Crippen molar-refractivity contribution in [3.63, 3.8) is 0 Å². The van der Waals surface area contributed by atoms with E-state index < -0.39 is 0 Å². The van der Waals surface area contributed by atoms with E-state index >= 15 is 0 Å². The lowest BCUT2D eigenvalue weighted by Gasteiger charge is -2.02. The Hall–Kier alpha value is -1.70. The van der Waals surface area contributed by atoms with Crippen molar-refractivity contribution >= 4 is 16.7 Å². The molecule has 0 spiro atoms. The second kappa shape index (κ2) is 3.58. The van der Waals surface area contributed by atoms with Crippen molar-refractivity contribution in [3.05, 3.63) is 55.1 Å². The molecule has 0 aliphatic rings. The highest BCUT2D eigenvalue weighted by molar-refractivity contribution is 5.89. The van der Waals surface area contributed by atoms with Crippen LogP contribution in [0.5, 0.6) is 0 Å². The fourth-order valence-corrected chi connectivity index (χ4v) is 1.41. The number of hydrogen-bond donors (Lipinski definition) is 0. The first kappa shape index (κ1) is 8.88. The van der Waals surface area contributed by atoms with Gasteiger partial charge < -0.3 is 0 Å². The summed E-state index contributed by atoms with van der Waals surface area (Å²) in [6.07, 6.45) is 2.81. The van der Waals surface area contributed by atoms with Crippen molar-refractivity contribution in [1.82, 2.24) is 4.98 Å². The van der Waals surface area contributed by atoms with Crippen molar-refractivity contribution in [3.8, 4) is 0 Å². The van der Waals surface area contributed by atoms with E-state index in [9.17, 15) is 4.39 Å². The van der Waals surface area contributed by atoms with E-state index in [0.717, 1.165) is 10.9 Å². The summed E-state index contributed by atoms with van der Waals surface area (Å²) in [6.45, 7) is 3.41. The van der Waals surface area contributed by atoms with Crippen LogP contribution in [-0.4, -0.2) is 4.98 Å². The highest BCUT2D eigenvalue weighted by Crippen LogP contribution is 2.23. The number of nitrogens with zero attached hydrogens (tertiary/aromatic N) is 1. The molecule has 1 aromatic carbocycles. The molecule has 0 atom stereocenters. The first-order valence-corrected chi connectivity index (χ1v) is 4.32. The molecule has 14 heavy (non-hydrogen) atoms. The zero-order valence-electron chi connectivity index (χ0n) is 7.57. The second-order valence-corrected chi connectivity index (χ2v) is 2.93. The number of aromatic nitrogens is 1. The molecule has 69 valence electrons. The Morgan fingerprint density at radius 3 is 2.86 bits per heavy atom. The maximum Gasteiger partial charge on any atom is 0.127 e. The predicted molar refractivity (Wildman–Crippen MR) is 56.2 cm³/mol. The van der Waals surface area contributed by atoms with Crippen LogP contribution < -0.4 is 0 Å². The molecule has 0 aliphatic carbocycles. The van der Waals surface area contributed by atoms with Crippen LogP contribution in [0.15, 0.2) is 42.6 Å². The molecule has 2 rings (SSSR count). The number of fused-ring (bicyclic) bond motifs is 1. The molecule has 2 aromatic rings. The fourth-order valence-electron chi connectivity index (χ4n) is 1.41. The van der Waals surface area contributed by atoms with Gasteiger partial charge in [-0.1, -0.05) is 18.2 Å². The third-order valence-electron chi connectivity index (χ3n) is 2.09. The summed E-state index contributed by atoms with van der Waals surface area (Å²) < 4.78 is 13.4. The third-order valence-corrected chi connectivity index (χ3v) is 2.09. The SMILES string of the molecule is [CH2]/C=C(\F)c1ccnc2ccccc12. The number of benzene rings is 1. The van der Waals surface area contributed by atoms with Crippen LogP contribution in [0.3, 0.4) is 0 Å². The summed E-state index contributed by atoms with van der Waals surface area (Å²) in [7, 11) is 0. The van der Waals surface area contributed by atoms with Gasteiger partial charge in [-0.3, -0.25) is 4.98 Å². The fraction of sp³-hybridized carbons (Fsp3) is 0. The lowest BCUT2D eigenvalue weighted by Crippen LogP contribution is -1.84. The minimum atomic E-state index is -0.316. The predicted octanol–water partition coefficient (Wildman–Crippen LogP) is 3.38. The van der Waals surface area contributed by atoms with Crippen LogP contribution in [0, 0.1) is 6.92 Å². The van der Waals surface area contributed by atoms with Crippen molar-refractivity contribution in [2.45, 2.75) is 0 Å². The molecule has 0 saturated carbocycles. The average molecular weight is 186 g/mol. The molecule has 1 nitrogen and oxygen atoms in total. The van der Waals surface area contributed by atoms with Crippen LogP contribution in [-0.2, 0) is 0 Å². The Labute approximate surface area is 81.9 Å². The molecular formula is C12H9FN. The van der Waals surface area contributed by atoms with E-state index in [1.54, 1.807) is 12.3 Å². The molecule has 0 aliphatic heterocycles. The van der Waals surface area contributed by atoms with Gasteiger partial charge in [0, 0.05) is 17.1 Å². The van der Waals surface area contributed by atoms with E-state index in [-0.39, 0.29) is 5.83 Å². The molecule has 0 fully saturated rings. The van der Waals surface area contributed by atoms with Crippen LogP contribution in [0.4, 0.5) is 4.39 Å². The molecule has 0 amide bonds. The van der Waals surface area contributed by atoms with Crippen molar-refractivity contribution in [1.29, 1.82) is 0 Å². The second-order valence-electron chi connectivity index (χ2n) is 2.93. The van der Waals surface area contributed by atoms with Gasteiger partial charge in [0.15, 0.2) is 0 Å². The number of rotatable bonds is 1. The zero-order valence-corrected chi connectivity index (χ0v) is 7.57. The lowest BCUT2D eigenvalue weighted by atomic mass is 10.1. The summed E-state index contributed by atoms with van der Waals surface area (Å²) in [5, 5.41) is 0.812. The van der Waals surface area contributed by atoms with Crippen molar-refractivity contribution < 1.29 is 4.39 Å². The largest absolute Gasteiger partial charge is 0.256 e. The van der Waals surface area contributed by atoms with E-state index in [4.69, 9.17) is 0 Å². The van der Waals surface area contributed by atoms with Gasteiger partial charge in [-0.15, -0.1) is 0 Å². The highest BCUT2D eigenvalue weighted by atomic mass is 19.1. The highest BCUT2D eigenvalue weighted by Gasteiger charge is 2.04. The molecule has 1 aromatic heterocycles. The van der Waals surface area contributed by atoms with Crippen LogP contribution >= 0.6 is 0 Å². The van der Waals surface area contributed by atoms with Gasteiger partial charge in [-0.05, 0) is 25.1 Å². The smallest absolute Gasteiger partial charge is 0.127 e. The molecule has 2 heteroatoms. The Balaban J connectivity index is 2.77. The number of pyridine rings is 1. The summed E-state index contributed by atoms with van der Waals surface area (Å²) in [6, 6.07) is 9.10. The molecular weight excluding hydrogens is 177 g/mol. The van der Waals surface area contributed by atoms with Gasteiger partial charge in [0.1, 0.15) is 5.83 Å². The molecule has 0 saturated heterocycles. The van der Waals surface area contributed by atoms with Gasteiger partial charge in [0.2, 0.25) is 0 Å². The number of hydrogen-bond acceptors (Lipinski definition) is 1. The van der Waals surface area contributed by atoms with E-state index in [2.05, 4.69) is 11.9 Å². The van der Waals surface area contributed by atoms with Crippen LogP contribution in [0.2, 0.25) is 0 Å². The summed E-state index contributed by atoms with van der Waals surface area (Å²) in [5.41, 5.74) is 1.34. The first-order chi connectivity index (χ1) is 6.83. The van der Waals surface area contributed by atoms with Crippen LogP contribution in [0.1, 0.15) is 5.56 Å². The summed E-state index contributed by atoms with van der Waals surface area (Å²) >= 11 is 0. The van der Waals surface area contributed by atoms with Gasteiger partial charge in [-0.2, -0.15) is 0 Å². The van der Waals surface area contributed by atoms with Crippen LogP contribution in [0.25, 0.3) is 16.7 Å². The standard InChI is InChI=1S/C12H9FN/c1-2-11(13)9-7-8-14-12-6-4-3-5-10(9)12/h2-8H,1H2/b11-2-.